The molecule has 6 atom stereocenters. The van der Waals surface area contributed by atoms with Crippen molar-refractivity contribution in [2.45, 2.75) is 503 Å². The molecule has 0 radical (unpaired) electrons. The maximum Gasteiger partial charge on any atom is 0.472 e. The first kappa shape index (κ1) is 107. The quantitative estimate of drug-likeness (QED) is 0.0222. The summed E-state index contributed by atoms with van der Waals surface area (Å²) in [7, 11) is -9.93. The molecule has 3 unspecified atom stereocenters. The number of ether oxygens (including phenoxy) is 4. The van der Waals surface area contributed by atoms with Crippen LogP contribution in [-0.4, -0.2) is 96.7 Å². The summed E-state index contributed by atoms with van der Waals surface area (Å²) in [4.78, 5) is 73.3. The third-order valence-electron chi connectivity index (χ3n) is 21.6. The van der Waals surface area contributed by atoms with E-state index in [0.29, 0.717) is 25.7 Å². The van der Waals surface area contributed by atoms with Crippen LogP contribution in [0.25, 0.3) is 0 Å². The van der Waals surface area contributed by atoms with E-state index in [1.807, 2.05) is 0 Å². The molecule has 17 nitrogen and oxygen atoms in total. The van der Waals surface area contributed by atoms with E-state index in [1.54, 1.807) is 0 Å². The van der Waals surface area contributed by atoms with E-state index in [-0.39, 0.29) is 25.7 Å². The van der Waals surface area contributed by atoms with Crippen molar-refractivity contribution >= 4 is 39.5 Å². The average Bonchev–Trinajstić information content (AvgIpc) is 0.903. The van der Waals surface area contributed by atoms with Crippen LogP contribution >= 0.6 is 15.6 Å². The van der Waals surface area contributed by atoms with E-state index < -0.39 is 97.5 Å². The van der Waals surface area contributed by atoms with Crippen LogP contribution in [0.4, 0.5) is 0 Å². The standard InChI is InChI=1S/C90H176O17P2/c1-7-10-12-14-16-18-20-22-24-26-27-28-29-30-35-39-43-47-51-55-63-69-74-89(94)106-85(78-100-87(92)72-66-60-53-49-45-41-38-34-32-31-33-36-40-44-48-52-58-64-70-82(4)5)80-104-108(96,97)102-76-84(91)77-103-109(98,99)105-81-86(79-101-88(93)73-67-61-57-56-59-65-71-83(6)9-3)107-90(95)75-68-62-54-50-46-42-37-25-23-21-19-17-15-13-11-8-2/h82-86,91H,7-81H2,1-6H3,(H,96,97)(H,98,99)/t83?,84-,85-,86-/m1/s1. The Morgan fingerprint density at radius 2 is 0.468 bits per heavy atom. The topological polar surface area (TPSA) is 237 Å². The van der Waals surface area contributed by atoms with Crippen molar-refractivity contribution in [3.8, 4) is 0 Å². The maximum atomic E-state index is 13.2. The van der Waals surface area contributed by atoms with Crippen LogP contribution in [0, 0.1) is 11.8 Å². The molecule has 0 fully saturated rings. The number of carbonyl (C=O) groups is 4. The van der Waals surface area contributed by atoms with Gasteiger partial charge in [0.05, 0.1) is 26.4 Å². The molecule has 0 aliphatic heterocycles. The fourth-order valence-corrected chi connectivity index (χ4v) is 15.7. The second-order valence-electron chi connectivity index (χ2n) is 33.1. The van der Waals surface area contributed by atoms with Gasteiger partial charge in [-0.2, -0.15) is 0 Å². The van der Waals surface area contributed by atoms with E-state index in [2.05, 4.69) is 41.5 Å². The number of carbonyl (C=O) groups excluding carboxylic acids is 4. The van der Waals surface area contributed by atoms with Crippen LogP contribution in [0.1, 0.15) is 485 Å². The van der Waals surface area contributed by atoms with Crippen molar-refractivity contribution in [2.75, 3.05) is 39.6 Å². The number of hydrogen-bond acceptors (Lipinski definition) is 15. The molecule has 109 heavy (non-hydrogen) atoms. The summed E-state index contributed by atoms with van der Waals surface area (Å²) in [6.07, 6.45) is 75.2. The maximum absolute atomic E-state index is 13.2. The SMILES string of the molecule is CCCCCCCCCCCCCCCCCCCCCCCCC(=O)O[C@H](COC(=O)CCCCCCCCCCCCCCCCCCCCC(C)C)COP(=O)(O)OC[C@@H](O)COP(=O)(O)OC[C@@H](COC(=O)CCCCCCCCC(C)CC)OC(=O)CCCCCCCCCCCCCCCCCC. The van der Waals surface area contributed by atoms with E-state index >= 15 is 0 Å². The van der Waals surface area contributed by atoms with Crippen LogP contribution < -0.4 is 0 Å². The average molecular weight is 1590 g/mol. The Bertz CT molecular complexity index is 2080. The van der Waals surface area contributed by atoms with E-state index in [0.717, 1.165) is 108 Å². The Kier molecular flexibility index (Phi) is 79.8. The molecule has 0 rings (SSSR count). The van der Waals surface area contributed by atoms with Crippen LogP contribution in [0.15, 0.2) is 0 Å². The van der Waals surface area contributed by atoms with Crippen molar-refractivity contribution in [3.63, 3.8) is 0 Å². The predicted molar refractivity (Wildman–Crippen MR) is 451 cm³/mol. The molecule has 0 amide bonds. The Balaban J connectivity index is 5.21. The van der Waals surface area contributed by atoms with Gasteiger partial charge in [0, 0.05) is 25.7 Å². The summed E-state index contributed by atoms with van der Waals surface area (Å²) in [5, 5.41) is 10.7. The minimum absolute atomic E-state index is 0.108. The van der Waals surface area contributed by atoms with Gasteiger partial charge in [-0.15, -0.1) is 0 Å². The molecule has 0 aliphatic rings. The minimum Gasteiger partial charge on any atom is -0.462 e. The molecule has 648 valence electrons. The van der Waals surface area contributed by atoms with Gasteiger partial charge >= 0.3 is 39.5 Å². The van der Waals surface area contributed by atoms with Gasteiger partial charge in [-0.25, -0.2) is 9.13 Å². The fraction of sp³-hybridized carbons (Fsp3) is 0.956. The number of phosphoric acid groups is 2. The van der Waals surface area contributed by atoms with Gasteiger partial charge in [0.25, 0.3) is 0 Å². The molecular weight excluding hydrogens is 1410 g/mol. The minimum atomic E-state index is -4.97. The van der Waals surface area contributed by atoms with Gasteiger partial charge in [-0.05, 0) is 37.5 Å². The molecule has 0 aromatic rings. The van der Waals surface area contributed by atoms with Crippen molar-refractivity contribution < 1.29 is 80.2 Å². The number of rotatable bonds is 89. The zero-order valence-electron chi connectivity index (χ0n) is 71.9. The van der Waals surface area contributed by atoms with Gasteiger partial charge in [-0.3, -0.25) is 37.3 Å². The predicted octanol–water partition coefficient (Wildman–Crippen LogP) is 27.8. The Labute approximate surface area is 670 Å². The van der Waals surface area contributed by atoms with Gasteiger partial charge in [0.15, 0.2) is 12.2 Å². The molecule has 19 heteroatoms. The van der Waals surface area contributed by atoms with E-state index in [1.165, 1.54) is 295 Å². The lowest BCUT2D eigenvalue weighted by molar-refractivity contribution is -0.161. The highest BCUT2D eigenvalue weighted by molar-refractivity contribution is 7.47. The monoisotopic (exact) mass is 1590 g/mol. The number of aliphatic hydroxyl groups excluding tert-OH is 1. The number of esters is 4. The van der Waals surface area contributed by atoms with Gasteiger partial charge in [0.2, 0.25) is 0 Å². The molecule has 0 heterocycles. The van der Waals surface area contributed by atoms with Crippen LogP contribution in [0.2, 0.25) is 0 Å². The highest BCUT2D eigenvalue weighted by Gasteiger charge is 2.31. The van der Waals surface area contributed by atoms with Crippen LogP contribution in [0.5, 0.6) is 0 Å². The molecule has 0 saturated heterocycles. The Hall–Kier alpha value is -1.94. The second kappa shape index (κ2) is 81.2. The summed E-state index contributed by atoms with van der Waals surface area (Å²) in [6.45, 7) is 9.69. The molecule has 0 aliphatic carbocycles. The van der Waals surface area contributed by atoms with Crippen molar-refractivity contribution in [1.82, 2.24) is 0 Å². The normalized spacial score (nSPS) is 14.0. The number of unbranched alkanes of at least 4 members (excludes halogenated alkanes) is 58. The zero-order chi connectivity index (χ0) is 79.9. The third kappa shape index (κ3) is 82.4. The van der Waals surface area contributed by atoms with Gasteiger partial charge < -0.3 is 33.8 Å². The summed E-state index contributed by atoms with van der Waals surface area (Å²) < 4.78 is 69.0. The number of aliphatic hydroxyl groups is 1. The molecule has 0 spiro atoms. The first-order valence-electron chi connectivity index (χ1n) is 46.5. The highest BCUT2D eigenvalue weighted by Crippen LogP contribution is 2.45. The van der Waals surface area contributed by atoms with Gasteiger partial charge in [-0.1, -0.05) is 433 Å². The second-order valence-corrected chi connectivity index (χ2v) is 36.0. The Morgan fingerprint density at radius 1 is 0.266 bits per heavy atom. The summed E-state index contributed by atoms with van der Waals surface area (Å²) in [5.41, 5.74) is 0. The first-order valence-corrected chi connectivity index (χ1v) is 49.5. The summed E-state index contributed by atoms with van der Waals surface area (Å²) in [5.74, 6) is -0.545. The lowest BCUT2D eigenvalue weighted by Gasteiger charge is -2.21. The van der Waals surface area contributed by atoms with Crippen LogP contribution in [0.3, 0.4) is 0 Å². The van der Waals surface area contributed by atoms with E-state index in [4.69, 9.17) is 37.0 Å². The number of hydrogen-bond donors (Lipinski definition) is 3. The number of phosphoric ester groups is 2. The first-order chi connectivity index (χ1) is 52.9. The molecule has 0 saturated carbocycles. The summed E-state index contributed by atoms with van der Waals surface area (Å²) >= 11 is 0. The van der Waals surface area contributed by atoms with Crippen molar-refractivity contribution in [2.24, 2.45) is 11.8 Å². The van der Waals surface area contributed by atoms with Crippen molar-refractivity contribution in [3.05, 3.63) is 0 Å². The lowest BCUT2D eigenvalue weighted by atomic mass is 10.00. The summed E-state index contributed by atoms with van der Waals surface area (Å²) in [6, 6.07) is 0. The zero-order valence-corrected chi connectivity index (χ0v) is 73.7. The lowest BCUT2D eigenvalue weighted by Crippen LogP contribution is -2.30. The molecular formula is C90H176O17P2. The molecule has 0 bridgehead atoms. The Morgan fingerprint density at radius 3 is 0.697 bits per heavy atom. The smallest absolute Gasteiger partial charge is 0.462 e. The molecule has 0 aromatic heterocycles. The molecule has 3 N–H and O–H groups in total. The fourth-order valence-electron chi connectivity index (χ4n) is 14.1. The highest BCUT2D eigenvalue weighted by atomic mass is 31.2. The largest absolute Gasteiger partial charge is 0.472 e. The van der Waals surface area contributed by atoms with Gasteiger partial charge in [0.1, 0.15) is 19.3 Å². The van der Waals surface area contributed by atoms with Crippen LogP contribution in [-0.2, 0) is 65.4 Å². The van der Waals surface area contributed by atoms with E-state index in [9.17, 15) is 43.2 Å². The van der Waals surface area contributed by atoms with Crippen molar-refractivity contribution in [1.29, 1.82) is 0 Å². The molecule has 0 aromatic carbocycles. The third-order valence-corrected chi connectivity index (χ3v) is 23.5.